The fourth-order valence-corrected chi connectivity index (χ4v) is 2.23. The number of nitrogens with zero attached hydrogens (tertiary/aromatic N) is 1. The molecule has 2 aromatic rings. The van der Waals surface area contributed by atoms with Gasteiger partial charge in [0.2, 0.25) is 5.43 Å². The smallest absolute Gasteiger partial charge is 0.343 e. The fraction of sp³-hybridized carbons (Fsp3) is 0.375. The van der Waals surface area contributed by atoms with Crippen LogP contribution in [0.1, 0.15) is 38.1 Å². The summed E-state index contributed by atoms with van der Waals surface area (Å²) in [6.45, 7) is 7.22. The van der Waals surface area contributed by atoms with Crippen molar-refractivity contribution in [1.29, 1.82) is 0 Å². The predicted molar refractivity (Wildman–Crippen MR) is 79.1 cm³/mol. The molecular weight excluding hydrogens is 292 g/mol. The van der Waals surface area contributed by atoms with E-state index in [-0.39, 0.29) is 23.1 Å². The Morgan fingerprint density at radius 2 is 1.82 bits per heavy atom. The van der Waals surface area contributed by atoms with Crippen LogP contribution in [0.4, 0.5) is 8.78 Å². The molecule has 0 N–H and O–H groups in total. The summed E-state index contributed by atoms with van der Waals surface area (Å²) in [5.41, 5.74) is -1.19. The number of hydrogen-bond acceptors (Lipinski definition) is 3. The molecule has 1 aromatic carbocycles. The van der Waals surface area contributed by atoms with Gasteiger partial charge in [-0.2, -0.15) is 0 Å². The zero-order valence-corrected chi connectivity index (χ0v) is 12.9. The maximum Gasteiger partial charge on any atom is 0.343 e. The third-order valence-electron chi connectivity index (χ3n) is 3.26. The van der Waals surface area contributed by atoms with Gasteiger partial charge >= 0.3 is 5.97 Å². The number of fused-ring (bicyclic) bond motifs is 1. The quantitative estimate of drug-likeness (QED) is 0.800. The van der Waals surface area contributed by atoms with Crippen molar-refractivity contribution in [2.24, 2.45) is 0 Å². The number of rotatable bonds is 2. The van der Waals surface area contributed by atoms with E-state index in [0.717, 1.165) is 12.1 Å². The van der Waals surface area contributed by atoms with Gasteiger partial charge in [-0.1, -0.05) is 0 Å². The zero-order valence-electron chi connectivity index (χ0n) is 12.9. The lowest BCUT2D eigenvalue weighted by molar-refractivity contribution is 0.0524. The maximum atomic E-state index is 13.5. The lowest BCUT2D eigenvalue weighted by atomic mass is 10.0. The average Bonchev–Trinajstić information content (AvgIpc) is 2.40. The van der Waals surface area contributed by atoms with Crippen LogP contribution in [0.2, 0.25) is 0 Å². The Morgan fingerprint density at radius 1 is 1.23 bits per heavy atom. The number of halogens is 2. The van der Waals surface area contributed by atoms with Gasteiger partial charge in [0.15, 0.2) is 11.6 Å². The molecule has 0 saturated heterocycles. The first-order valence-electron chi connectivity index (χ1n) is 6.88. The highest BCUT2D eigenvalue weighted by Crippen LogP contribution is 2.23. The van der Waals surface area contributed by atoms with Crippen LogP contribution in [0.3, 0.4) is 0 Å². The average molecular weight is 309 g/mol. The second kappa shape index (κ2) is 5.51. The summed E-state index contributed by atoms with van der Waals surface area (Å²) in [6, 6.07) is 1.78. The van der Waals surface area contributed by atoms with Crippen LogP contribution in [-0.4, -0.2) is 17.1 Å². The minimum atomic E-state index is -1.13. The molecule has 0 unspecified atom stereocenters. The number of ether oxygens (including phenoxy) is 1. The standard InChI is InChI=1S/C16H17F2NO3/c1-5-22-15(21)10-8-19(16(2,3)4)13-7-12(18)11(17)6-9(13)14(10)20/h6-8H,5H2,1-4H3. The van der Waals surface area contributed by atoms with Crippen molar-refractivity contribution in [2.75, 3.05) is 6.61 Å². The second-order valence-electron chi connectivity index (χ2n) is 5.92. The zero-order chi connectivity index (χ0) is 16.7. The van der Waals surface area contributed by atoms with E-state index in [0.29, 0.717) is 0 Å². The van der Waals surface area contributed by atoms with Crippen molar-refractivity contribution in [3.63, 3.8) is 0 Å². The summed E-state index contributed by atoms with van der Waals surface area (Å²) in [7, 11) is 0. The molecule has 0 saturated carbocycles. The molecule has 2 rings (SSSR count). The van der Waals surface area contributed by atoms with E-state index in [1.54, 1.807) is 11.5 Å². The van der Waals surface area contributed by atoms with Gasteiger partial charge in [-0.05, 0) is 33.8 Å². The molecule has 0 radical (unpaired) electrons. The van der Waals surface area contributed by atoms with Gasteiger partial charge < -0.3 is 9.30 Å². The Hall–Kier alpha value is -2.24. The summed E-state index contributed by atoms with van der Waals surface area (Å²) in [6.07, 6.45) is 1.33. The molecule has 6 heteroatoms. The number of aromatic nitrogens is 1. The van der Waals surface area contributed by atoms with Gasteiger partial charge in [-0.15, -0.1) is 0 Å². The Balaban J connectivity index is 2.92. The molecule has 118 valence electrons. The number of pyridine rings is 1. The lowest BCUT2D eigenvalue weighted by Crippen LogP contribution is -2.28. The van der Waals surface area contributed by atoms with Crippen LogP contribution in [-0.2, 0) is 10.3 Å². The van der Waals surface area contributed by atoms with Gasteiger partial charge in [0.25, 0.3) is 0 Å². The normalized spacial score (nSPS) is 11.7. The molecule has 0 atom stereocenters. The number of hydrogen-bond donors (Lipinski definition) is 0. The van der Waals surface area contributed by atoms with Crippen molar-refractivity contribution in [3.05, 3.63) is 45.8 Å². The molecule has 0 aliphatic carbocycles. The molecule has 1 aromatic heterocycles. The van der Waals surface area contributed by atoms with Crippen LogP contribution in [0.15, 0.2) is 23.1 Å². The third kappa shape index (κ3) is 2.73. The molecular formula is C16H17F2NO3. The number of carbonyl (C=O) groups is 1. The molecule has 1 heterocycles. The van der Waals surface area contributed by atoms with E-state index in [1.807, 2.05) is 20.8 Å². The van der Waals surface area contributed by atoms with Crippen molar-refractivity contribution in [1.82, 2.24) is 4.57 Å². The van der Waals surface area contributed by atoms with E-state index in [1.165, 1.54) is 6.20 Å². The first kappa shape index (κ1) is 16.1. The maximum absolute atomic E-state index is 13.5. The van der Waals surface area contributed by atoms with Crippen LogP contribution >= 0.6 is 0 Å². The SMILES string of the molecule is CCOC(=O)c1cn(C(C)(C)C)c2cc(F)c(F)cc2c1=O. The molecule has 0 bridgehead atoms. The van der Waals surface area contributed by atoms with Crippen molar-refractivity contribution >= 4 is 16.9 Å². The van der Waals surface area contributed by atoms with E-state index in [2.05, 4.69) is 0 Å². The first-order valence-corrected chi connectivity index (χ1v) is 6.88. The number of esters is 1. The monoisotopic (exact) mass is 309 g/mol. The van der Waals surface area contributed by atoms with Crippen LogP contribution < -0.4 is 5.43 Å². The van der Waals surface area contributed by atoms with Crippen LogP contribution in [0.25, 0.3) is 10.9 Å². The van der Waals surface area contributed by atoms with Crippen molar-refractivity contribution in [3.8, 4) is 0 Å². The van der Waals surface area contributed by atoms with Crippen molar-refractivity contribution in [2.45, 2.75) is 33.2 Å². The van der Waals surface area contributed by atoms with Gasteiger partial charge in [0, 0.05) is 23.2 Å². The Morgan fingerprint density at radius 3 is 2.36 bits per heavy atom. The molecule has 22 heavy (non-hydrogen) atoms. The number of benzene rings is 1. The molecule has 0 amide bonds. The molecule has 4 nitrogen and oxygen atoms in total. The first-order chi connectivity index (χ1) is 10.2. The highest BCUT2D eigenvalue weighted by atomic mass is 19.2. The Labute approximate surface area is 126 Å². The lowest BCUT2D eigenvalue weighted by Gasteiger charge is -2.26. The summed E-state index contributed by atoms with van der Waals surface area (Å²) in [4.78, 5) is 24.3. The third-order valence-corrected chi connectivity index (χ3v) is 3.26. The highest BCUT2D eigenvalue weighted by Gasteiger charge is 2.23. The number of carbonyl (C=O) groups excluding carboxylic acids is 1. The summed E-state index contributed by atoms with van der Waals surface area (Å²) < 4.78 is 33.5. The van der Waals surface area contributed by atoms with Crippen LogP contribution in [0, 0.1) is 11.6 Å². The largest absolute Gasteiger partial charge is 0.462 e. The Kier molecular flexibility index (Phi) is 4.04. The van der Waals surface area contributed by atoms with Gasteiger partial charge in [-0.25, -0.2) is 13.6 Å². The van der Waals surface area contributed by atoms with E-state index < -0.39 is 28.6 Å². The minimum absolute atomic E-state index is 0.0561. The Bertz CT molecular complexity index is 804. The predicted octanol–water partition coefficient (Wildman–Crippen LogP) is 3.21. The van der Waals surface area contributed by atoms with Gasteiger partial charge in [0.05, 0.1) is 12.1 Å². The van der Waals surface area contributed by atoms with E-state index in [4.69, 9.17) is 4.74 Å². The van der Waals surface area contributed by atoms with Gasteiger partial charge in [0.1, 0.15) is 5.56 Å². The van der Waals surface area contributed by atoms with Gasteiger partial charge in [-0.3, -0.25) is 4.79 Å². The summed E-state index contributed by atoms with van der Waals surface area (Å²) >= 11 is 0. The second-order valence-corrected chi connectivity index (χ2v) is 5.92. The fourth-order valence-electron chi connectivity index (χ4n) is 2.23. The molecule has 0 spiro atoms. The molecule has 0 aliphatic heterocycles. The van der Waals surface area contributed by atoms with E-state index in [9.17, 15) is 18.4 Å². The topological polar surface area (TPSA) is 48.3 Å². The summed E-state index contributed by atoms with van der Waals surface area (Å²) in [5, 5.41) is -0.0561. The van der Waals surface area contributed by atoms with E-state index >= 15 is 0 Å². The van der Waals surface area contributed by atoms with Crippen LogP contribution in [0.5, 0.6) is 0 Å². The highest BCUT2D eigenvalue weighted by molar-refractivity contribution is 5.93. The molecule has 0 fully saturated rings. The minimum Gasteiger partial charge on any atom is -0.462 e. The van der Waals surface area contributed by atoms with Crippen molar-refractivity contribution < 1.29 is 18.3 Å². The molecule has 0 aliphatic rings. The summed E-state index contributed by atoms with van der Waals surface area (Å²) in [5.74, 6) is -2.96.